The molecule has 12 heteroatoms. The average Bonchev–Trinajstić information content (AvgIpc) is 2.48. The van der Waals surface area contributed by atoms with Crippen LogP contribution in [0.2, 0.25) is 0 Å². The minimum Gasteiger partial charge on any atom is -0.480 e. The van der Waals surface area contributed by atoms with Crippen molar-refractivity contribution in [2.45, 2.75) is 0 Å². The molecule has 0 aliphatic heterocycles. The first-order valence-corrected chi connectivity index (χ1v) is 5.86. The van der Waals surface area contributed by atoms with E-state index in [2.05, 4.69) is 16.0 Å². The second-order valence-corrected chi connectivity index (χ2v) is 3.53. The molecule has 0 radical (unpaired) electrons. The van der Waals surface area contributed by atoms with E-state index in [0.29, 0.717) is 0 Å². The number of carbonyl (C=O) groups excluding carboxylic acids is 3. The zero-order chi connectivity index (χ0) is 17.5. The largest absolute Gasteiger partial charge is 0.480 e. The molecule has 0 saturated heterocycles. The summed E-state index contributed by atoms with van der Waals surface area (Å²) in [7, 11) is 0. The molecule has 0 unspecified atom stereocenters. The van der Waals surface area contributed by atoms with Gasteiger partial charge in [0.1, 0.15) is 13.1 Å². The van der Waals surface area contributed by atoms with E-state index in [1.807, 2.05) is 0 Å². The third-order valence-corrected chi connectivity index (χ3v) is 1.69. The van der Waals surface area contributed by atoms with Gasteiger partial charge in [-0.1, -0.05) is 0 Å². The molecule has 0 aromatic carbocycles. The summed E-state index contributed by atoms with van der Waals surface area (Å²) in [6, 6.07) is 0. The van der Waals surface area contributed by atoms with Crippen LogP contribution in [-0.2, 0) is 24.0 Å². The highest BCUT2D eigenvalue weighted by atomic mass is 16.4. The summed E-state index contributed by atoms with van der Waals surface area (Å²) in [6.07, 6.45) is 0. The Kier molecular flexibility index (Phi) is 13.0. The molecule has 9 N–H and O–H groups in total. The summed E-state index contributed by atoms with van der Waals surface area (Å²) in [5, 5.41) is 22.5. The molecule has 22 heavy (non-hydrogen) atoms. The summed E-state index contributed by atoms with van der Waals surface area (Å²) < 4.78 is 0. The Balaban J connectivity index is 0. The van der Waals surface area contributed by atoms with Gasteiger partial charge in [0, 0.05) is 0 Å². The number of carbonyl (C=O) groups is 5. The van der Waals surface area contributed by atoms with E-state index in [-0.39, 0.29) is 26.2 Å². The number of nitrogens with two attached hydrogens (primary N) is 2. The zero-order valence-corrected chi connectivity index (χ0v) is 11.6. The number of rotatable bonds is 8. The molecule has 0 fully saturated rings. The van der Waals surface area contributed by atoms with Crippen molar-refractivity contribution < 1.29 is 34.2 Å². The van der Waals surface area contributed by atoms with Crippen molar-refractivity contribution in [2.24, 2.45) is 11.5 Å². The van der Waals surface area contributed by atoms with Gasteiger partial charge in [-0.2, -0.15) is 0 Å². The van der Waals surface area contributed by atoms with Crippen LogP contribution in [0.3, 0.4) is 0 Å². The lowest BCUT2D eigenvalue weighted by molar-refractivity contribution is -0.138. The van der Waals surface area contributed by atoms with Crippen molar-refractivity contribution >= 4 is 29.7 Å². The molecular weight excluding hydrogens is 302 g/mol. The van der Waals surface area contributed by atoms with Gasteiger partial charge in [-0.15, -0.1) is 0 Å². The van der Waals surface area contributed by atoms with Crippen molar-refractivity contribution in [3.05, 3.63) is 0 Å². The molecule has 3 amide bonds. The number of carboxylic acid groups (broad SMARTS) is 2. The van der Waals surface area contributed by atoms with Crippen LogP contribution >= 0.6 is 0 Å². The number of nitrogens with one attached hydrogen (secondary N) is 3. The highest BCUT2D eigenvalue weighted by molar-refractivity contribution is 5.87. The topological polar surface area (TPSA) is 214 Å². The maximum Gasteiger partial charge on any atom is 0.322 e. The van der Waals surface area contributed by atoms with Crippen molar-refractivity contribution in [3.8, 4) is 0 Å². The lowest BCUT2D eigenvalue weighted by Gasteiger charge is -2.03. The van der Waals surface area contributed by atoms with Crippen LogP contribution in [0.1, 0.15) is 0 Å². The van der Waals surface area contributed by atoms with Gasteiger partial charge in [-0.3, -0.25) is 24.0 Å². The fourth-order valence-electron chi connectivity index (χ4n) is 0.734. The molecule has 126 valence electrons. The first-order valence-electron chi connectivity index (χ1n) is 5.86. The Morgan fingerprint density at radius 1 is 0.636 bits per heavy atom. The standard InChI is InChI=1S/C6H11N3O4.C4H8N2O3/c7-1-4(10)8-2-5(11)9-3-6(12)13;5-1-3(7)6-2-4(8)9/h1-3,7H2,(H,8,10)(H,9,11)(H,12,13);1-2,5H2,(H,6,7)(H,8,9). The Morgan fingerprint density at radius 2 is 0.955 bits per heavy atom. The highest BCUT2D eigenvalue weighted by Gasteiger charge is 2.04. The van der Waals surface area contributed by atoms with E-state index in [9.17, 15) is 24.0 Å². The van der Waals surface area contributed by atoms with Gasteiger partial charge in [0.2, 0.25) is 17.7 Å². The number of carboxylic acids is 2. The van der Waals surface area contributed by atoms with Gasteiger partial charge in [0.05, 0.1) is 19.6 Å². The van der Waals surface area contributed by atoms with Crippen LogP contribution in [0.25, 0.3) is 0 Å². The fraction of sp³-hybridized carbons (Fsp3) is 0.500. The summed E-state index contributed by atoms with van der Waals surface area (Å²) >= 11 is 0. The number of hydrogen-bond acceptors (Lipinski definition) is 7. The second-order valence-electron chi connectivity index (χ2n) is 3.53. The molecular formula is C10H19N5O7. The predicted molar refractivity (Wildman–Crippen MR) is 72.4 cm³/mol. The maximum atomic E-state index is 10.7. The van der Waals surface area contributed by atoms with Gasteiger partial charge in [0.15, 0.2) is 0 Å². The van der Waals surface area contributed by atoms with E-state index in [0.717, 1.165) is 0 Å². The van der Waals surface area contributed by atoms with Crippen molar-refractivity contribution in [2.75, 3.05) is 32.7 Å². The minimum atomic E-state index is -1.14. The van der Waals surface area contributed by atoms with Gasteiger partial charge in [-0.25, -0.2) is 0 Å². The molecule has 0 aromatic rings. The molecule has 0 saturated carbocycles. The molecule has 0 aromatic heterocycles. The first-order chi connectivity index (χ1) is 10.2. The van der Waals surface area contributed by atoms with Crippen molar-refractivity contribution in [1.29, 1.82) is 0 Å². The maximum absolute atomic E-state index is 10.7. The molecule has 0 aliphatic rings. The first kappa shape index (κ1) is 21.6. The third kappa shape index (κ3) is 17.3. The van der Waals surface area contributed by atoms with E-state index in [1.165, 1.54) is 0 Å². The lowest BCUT2D eigenvalue weighted by atomic mass is 10.5. The summed E-state index contributed by atoms with van der Waals surface area (Å²) in [5.41, 5.74) is 9.80. The molecule has 0 bridgehead atoms. The monoisotopic (exact) mass is 321 g/mol. The van der Waals surface area contributed by atoms with Crippen LogP contribution in [-0.4, -0.2) is 72.6 Å². The molecule has 0 rings (SSSR count). The quantitative estimate of drug-likeness (QED) is 0.228. The predicted octanol–water partition coefficient (Wildman–Crippen LogP) is -4.59. The molecule has 0 spiro atoms. The van der Waals surface area contributed by atoms with Crippen LogP contribution in [0.15, 0.2) is 0 Å². The summed E-state index contributed by atoms with van der Waals surface area (Å²) in [5.74, 6) is -3.71. The van der Waals surface area contributed by atoms with Crippen LogP contribution in [0, 0.1) is 0 Å². The number of aliphatic carboxylic acids is 2. The molecule has 0 aliphatic carbocycles. The third-order valence-electron chi connectivity index (χ3n) is 1.69. The van der Waals surface area contributed by atoms with E-state index in [1.54, 1.807) is 0 Å². The van der Waals surface area contributed by atoms with E-state index < -0.39 is 36.2 Å². The minimum absolute atomic E-state index is 0.173. The lowest BCUT2D eigenvalue weighted by Crippen LogP contribution is -2.40. The molecule has 12 nitrogen and oxygen atoms in total. The van der Waals surface area contributed by atoms with Gasteiger partial charge in [0.25, 0.3) is 0 Å². The van der Waals surface area contributed by atoms with Crippen LogP contribution in [0.4, 0.5) is 0 Å². The van der Waals surface area contributed by atoms with E-state index >= 15 is 0 Å². The molecule has 0 atom stereocenters. The van der Waals surface area contributed by atoms with Crippen LogP contribution in [0.5, 0.6) is 0 Å². The summed E-state index contributed by atoms with van der Waals surface area (Å²) in [4.78, 5) is 51.2. The average molecular weight is 321 g/mol. The Morgan fingerprint density at radius 3 is 1.27 bits per heavy atom. The summed E-state index contributed by atoms with van der Waals surface area (Å²) in [6.45, 7) is -1.46. The number of amides is 3. The van der Waals surface area contributed by atoms with Crippen LogP contribution < -0.4 is 27.4 Å². The van der Waals surface area contributed by atoms with E-state index in [4.69, 9.17) is 21.7 Å². The van der Waals surface area contributed by atoms with Gasteiger partial charge < -0.3 is 37.6 Å². The Bertz CT molecular complexity index is 412. The van der Waals surface area contributed by atoms with Crippen molar-refractivity contribution in [1.82, 2.24) is 16.0 Å². The smallest absolute Gasteiger partial charge is 0.322 e. The second kappa shape index (κ2) is 13.3. The van der Waals surface area contributed by atoms with Gasteiger partial charge in [-0.05, 0) is 0 Å². The molecule has 0 heterocycles. The Labute approximate surface area is 125 Å². The normalized spacial score (nSPS) is 8.82. The van der Waals surface area contributed by atoms with Crippen molar-refractivity contribution in [3.63, 3.8) is 0 Å². The zero-order valence-electron chi connectivity index (χ0n) is 11.6. The SMILES string of the molecule is NCC(=O)NCC(=O)NCC(=O)O.NCC(=O)NCC(=O)O. The number of hydrogen-bond donors (Lipinski definition) is 7. The highest BCUT2D eigenvalue weighted by Crippen LogP contribution is 1.66. The fourth-order valence-corrected chi connectivity index (χ4v) is 0.734. The van der Waals surface area contributed by atoms with Gasteiger partial charge >= 0.3 is 11.9 Å². The Hall–Kier alpha value is -2.73.